The van der Waals surface area contributed by atoms with E-state index < -0.39 is 0 Å². The van der Waals surface area contributed by atoms with E-state index in [4.69, 9.17) is 23.1 Å². The van der Waals surface area contributed by atoms with E-state index in [0.717, 1.165) is 17.7 Å². The summed E-state index contributed by atoms with van der Waals surface area (Å²) in [6.45, 7) is 0.576. The molecule has 0 aromatic heterocycles. The third kappa shape index (κ3) is 3.83. The topological polar surface area (TPSA) is 55.3 Å². The van der Waals surface area contributed by atoms with Gasteiger partial charge in [-0.05, 0) is 30.7 Å². The first-order chi connectivity index (χ1) is 7.06. The van der Waals surface area contributed by atoms with Crippen LogP contribution >= 0.6 is 24.0 Å². The van der Waals surface area contributed by atoms with Crippen molar-refractivity contribution in [1.82, 2.24) is 0 Å². The SMILES string of the molecule is CN(C)c1ccc([C@H](N)CCN)c(Cl)c1.Cl. The maximum Gasteiger partial charge on any atom is 0.0474 e. The standard InChI is InChI=1S/C11H18ClN3.ClH/c1-15(2)8-3-4-9(10(12)7-8)11(14)5-6-13;/h3-4,7,11H,5-6,13-14H2,1-2H3;1H/t11-;/m1./s1. The Balaban J connectivity index is 0.00000225. The Bertz CT molecular complexity index is 329. The fourth-order valence-corrected chi connectivity index (χ4v) is 1.74. The van der Waals surface area contributed by atoms with Crippen molar-refractivity contribution < 1.29 is 0 Å². The summed E-state index contributed by atoms with van der Waals surface area (Å²) < 4.78 is 0. The van der Waals surface area contributed by atoms with Crippen LogP contribution < -0.4 is 16.4 Å². The minimum absolute atomic E-state index is 0. The molecule has 0 aliphatic rings. The van der Waals surface area contributed by atoms with E-state index in [1.807, 2.05) is 37.2 Å². The van der Waals surface area contributed by atoms with Crippen molar-refractivity contribution in [2.45, 2.75) is 12.5 Å². The van der Waals surface area contributed by atoms with Crippen molar-refractivity contribution in [2.24, 2.45) is 11.5 Å². The van der Waals surface area contributed by atoms with Crippen LogP contribution in [0.2, 0.25) is 5.02 Å². The molecule has 1 aromatic rings. The lowest BCUT2D eigenvalue weighted by Gasteiger charge is -2.17. The number of nitrogens with two attached hydrogens (primary N) is 2. The van der Waals surface area contributed by atoms with Crippen molar-refractivity contribution in [3.8, 4) is 0 Å². The monoisotopic (exact) mass is 263 g/mol. The highest BCUT2D eigenvalue weighted by molar-refractivity contribution is 6.31. The van der Waals surface area contributed by atoms with E-state index in [1.54, 1.807) is 0 Å². The molecule has 5 heteroatoms. The number of nitrogens with zero attached hydrogens (tertiary/aromatic N) is 1. The van der Waals surface area contributed by atoms with Gasteiger partial charge in [-0.15, -0.1) is 12.4 Å². The zero-order chi connectivity index (χ0) is 11.4. The average molecular weight is 264 g/mol. The van der Waals surface area contributed by atoms with Crippen molar-refractivity contribution in [2.75, 3.05) is 25.5 Å². The van der Waals surface area contributed by atoms with Gasteiger partial charge in [0.1, 0.15) is 0 Å². The van der Waals surface area contributed by atoms with Gasteiger partial charge in [-0.1, -0.05) is 17.7 Å². The van der Waals surface area contributed by atoms with Gasteiger partial charge in [0.05, 0.1) is 0 Å². The molecule has 0 saturated heterocycles. The molecule has 16 heavy (non-hydrogen) atoms. The second-order valence-electron chi connectivity index (χ2n) is 3.78. The van der Waals surface area contributed by atoms with Crippen molar-refractivity contribution in [3.05, 3.63) is 28.8 Å². The normalized spacial score (nSPS) is 11.8. The molecular weight excluding hydrogens is 245 g/mol. The highest BCUT2D eigenvalue weighted by Gasteiger charge is 2.10. The van der Waals surface area contributed by atoms with Crippen LogP contribution in [-0.2, 0) is 0 Å². The fourth-order valence-electron chi connectivity index (χ4n) is 1.43. The first-order valence-corrected chi connectivity index (χ1v) is 5.36. The first-order valence-electron chi connectivity index (χ1n) is 4.98. The Morgan fingerprint density at radius 2 is 2.00 bits per heavy atom. The van der Waals surface area contributed by atoms with Crippen LogP contribution in [0.3, 0.4) is 0 Å². The number of benzene rings is 1. The van der Waals surface area contributed by atoms with Crippen LogP contribution in [0.5, 0.6) is 0 Å². The summed E-state index contributed by atoms with van der Waals surface area (Å²) in [6.07, 6.45) is 0.751. The lowest BCUT2D eigenvalue weighted by molar-refractivity contribution is 0.661. The van der Waals surface area contributed by atoms with E-state index in [1.165, 1.54) is 0 Å². The Morgan fingerprint density at radius 3 is 2.44 bits per heavy atom. The van der Waals surface area contributed by atoms with E-state index in [0.29, 0.717) is 11.6 Å². The smallest absolute Gasteiger partial charge is 0.0474 e. The van der Waals surface area contributed by atoms with Gasteiger partial charge in [0.15, 0.2) is 0 Å². The summed E-state index contributed by atoms with van der Waals surface area (Å²) in [5.41, 5.74) is 13.5. The van der Waals surface area contributed by atoms with Crippen LogP contribution in [0.15, 0.2) is 18.2 Å². The van der Waals surface area contributed by atoms with Gasteiger partial charge in [0.2, 0.25) is 0 Å². The predicted octanol–water partition coefficient (Wildman–Crippen LogP) is 2.18. The summed E-state index contributed by atoms with van der Waals surface area (Å²) in [5, 5.41) is 0.710. The molecule has 0 amide bonds. The van der Waals surface area contributed by atoms with Gasteiger partial charge >= 0.3 is 0 Å². The summed E-state index contributed by atoms with van der Waals surface area (Å²) in [6, 6.07) is 5.83. The van der Waals surface area contributed by atoms with Crippen LogP contribution in [0.25, 0.3) is 0 Å². The van der Waals surface area contributed by atoms with E-state index in [9.17, 15) is 0 Å². The van der Waals surface area contributed by atoms with Crippen LogP contribution in [-0.4, -0.2) is 20.6 Å². The molecule has 0 unspecified atom stereocenters. The first kappa shape index (κ1) is 15.5. The van der Waals surface area contributed by atoms with Crippen molar-refractivity contribution in [3.63, 3.8) is 0 Å². The summed E-state index contributed by atoms with van der Waals surface area (Å²) in [7, 11) is 3.95. The average Bonchev–Trinajstić information content (AvgIpc) is 2.17. The molecule has 0 radical (unpaired) electrons. The van der Waals surface area contributed by atoms with E-state index in [-0.39, 0.29) is 18.4 Å². The van der Waals surface area contributed by atoms with Gasteiger partial charge in [-0.2, -0.15) is 0 Å². The van der Waals surface area contributed by atoms with Gasteiger partial charge in [-0.3, -0.25) is 0 Å². The van der Waals surface area contributed by atoms with Crippen LogP contribution in [0.4, 0.5) is 5.69 Å². The van der Waals surface area contributed by atoms with Crippen LogP contribution in [0.1, 0.15) is 18.0 Å². The van der Waals surface area contributed by atoms with Gasteiger partial charge in [0, 0.05) is 30.8 Å². The molecule has 0 aliphatic carbocycles. The number of halogens is 2. The summed E-state index contributed by atoms with van der Waals surface area (Å²) in [5.74, 6) is 0. The molecule has 0 heterocycles. The van der Waals surface area contributed by atoms with Crippen molar-refractivity contribution in [1.29, 1.82) is 0 Å². The van der Waals surface area contributed by atoms with E-state index in [2.05, 4.69) is 0 Å². The third-order valence-corrected chi connectivity index (χ3v) is 2.70. The Kier molecular flexibility index (Phi) is 6.76. The molecule has 0 saturated carbocycles. The Labute approximate surface area is 108 Å². The third-order valence-electron chi connectivity index (χ3n) is 2.38. The van der Waals surface area contributed by atoms with E-state index >= 15 is 0 Å². The van der Waals surface area contributed by atoms with Crippen molar-refractivity contribution >= 4 is 29.7 Å². The van der Waals surface area contributed by atoms with Crippen LogP contribution in [0, 0.1) is 0 Å². The molecule has 1 aromatic carbocycles. The Hall–Kier alpha value is -0.480. The molecule has 1 atom stereocenters. The minimum Gasteiger partial charge on any atom is -0.378 e. The summed E-state index contributed by atoms with van der Waals surface area (Å²) >= 11 is 6.16. The Morgan fingerprint density at radius 1 is 1.38 bits per heavy atom. The lowest BCUT2D eigenvalue weighted by Crippen LogP contribution is -2.16. The molecule has 3 nitrogen and oxygen atoms in total. The van der Waals surface area contributed by atoms with Gasteiger partial charge in [-0.25, -0.2) is 0 Å². The largest absolute Gasteiger partial charge is 0.378 e. The summed E-state index contributed by atoms with van der Waals surface area (Å²) in [4.78, 5) is 2.00. The second-order valence-corrected chi connectivity index (χ2v) is 4.19. The maximum absolute atomic E-state index is 6.16. The molecule has 0 bridgehead atoms. The quantitative estimate of drug-likeness (QED) is 0.876. The number of hydrogen-bond acceptors (Lipinski definition) is 3. The molecule has 4 N–H and O–H groups in total. The fraction of sp³-hybridized carbons (Fsp3) is 0.455. The van der Waals surface area contributed by atoms with Gasteiger partial charge in [0.25, 0.3) is 0 Å². The molecule has 92 valence electrons. The molecule has 1 rings (SSSR count). The molecule has 0 fully saturated rings. The highest BCUT2D eigenvalue weighted by Crippen LogP contribution is 2.27. The zero-order valence-electron chi connectivity index (χ0n) is 9.61. The lowest BCUT2D eigenvalue weighted by atomic mass is 10.0. The predicted molar refractivity (Wildman–Crippen MR) is 73.6 cm³/mol. The molecule has 0 aliphatic heterocycles. The van der Waals surface area contributed by atoms with Gasteiger partial charge < -0.3 is 16.4 Å². The number of anilines is 1. The maximum atomic E-state index is 6.16. The highest BCUT2D eigenvalue weighted by atomic mass is 35.5. The second kappa shape index (κ2) is 6.97. The molecular formula is C11H19Cl2N3. The minimum atomic E-state index is -0.0706. The zero-order valence-corrected chi connectivity index (χ0v) is 11.2. The number of hydrogen-bond donors (Lipinski definition) is 2. The molecule has 0 spiro atoms. The number of rotatable bonds is 4.